The molecule has 0 aromatic heterocycles. The van der Waals surface area contributed by atoms with Crippen molar-refractivity contribution >= 4 is 39.1 Å². The molecular weight excluding hydrogens is 506 g/mol. The van der Waals surface area contributed by atoms with E-state index in [1.54, 1.807) is 24.3 Å². The van der Waals surface area contributed by atoms with Crippen LogP contribution in [-0.4, -0.2) is 92.8 Å². The Bertz CT molecular complexity index is 1290. The SMILES string of the molecule is CN(C)S(=O)(=O)c1ccc(C(O)=C2C(=O)C(=O)N(CCN3CCOCC3)[C@H]2c2cccc(Cl)c2)cc1. The van der Waals surface area contributed by atoms with Crippen LogP contribution in [0.4, 0.5) is 0 Å². The summed E-state index contributed by atoms with van der Waals surface area (Å²) in [6.07, 6.45) is 0. The molecule has 36 heavy (non-hydrogen) atoms. The minimum absolute atomic E-state index is 0.0430. The molecule has 9 nitrogen and oxygen atoms in total. The number of carbonyl (C=O) groups is 2. The Kier molecular flexibility index (Phi) is 7.82. The first-order valence-corrected chi connectivity index (χ1v) is 13.3. The second-order valence-corrected chi connectivity index (χ2v) is 11.4. The summed E-state index contributed by atoms with van der Waals surface area (Å²) in [5, 5.41) is 11.6. The molecule has 2 aliphatic rings. The zero-order valence-electron chi connectivity index (χ0n) is 20.1. The van der Waals surface area contributed by atoms with Gasteiger partial charge in [-0.3, -0.25) is 14.5 Å². The van der Waals surface area contributed by atoms with Gasteiger partial charge in [0.25, 0.3) is 11.7 Å². The predicted octanol–water partition coefficient (Wildman–Crippen LogP) is 2.34. The quantitative estimate of drug-likeness (QED) is 0.331. The number of ether oxygens (including phenoxy) is 1. The van der Waals surface area contributed by atoms with Crippen LogP contribution in [0.3, 0.4) is 0 Å². The number of nitrogens with zero attached hydrogens (tertiary/aromatic N) is 3. The maximum absolute atomic E-state index is 13.2. The lowest BCUT2D eigenvalue weighted by molar-refractivity contribution is -0.140. The van der Waals surface area contributed by atoms with Gasteiger partial charge in [0.1, 0.15) is 5.76 Å². The molecule has 2 saturated heterocycles. The summed E-state index contributed by atoms with van der Waals surface area (Å²) in [5.41, 5.74) is 0.760. The number of likely N-dealkylation sites (tertiary alicyclic amines) is 1. The first kappa shape index (κ1) is 26.3. The van der Waals surface area contributed by atoms with Crippen molar-refractivity contribution in [3.8, 4) is 0 Å². The Hall–Kier alpha value is -2.76. The van der Waals surface area contributed by atoms with Gasteiger partial charge in [0.15, 0.2) is 0 Å². The highest BCUT2D eigenvalue weighted by molar-refractivity contribution is 7.89. The van der Waals surface area contributed by atoms with Crippen LogP contribution in [0.2, 0.25) is 5.02 Å². The second-order valence-electron chi connectivity index (χ2n) is 8.81. The van der Waals surface area contributed by atoms with Crippen molar-refractivity contribution in [2.24, 2.45) is 0 Å². The molecule has 2 heterocycles. The van der Waals surface area contributed by atoms with E-state index in [0.717, 1.165) is 17.4 Å². The van der Waals surface area contributed by atoms with E-state index in [0.29, 0.717) is 30.3 Å². The normalized spacial score (nSPS) is 20.9. The smallest absolute Gasteiger partial charge is 0.295 e. The van der Waals surface area contributed by atoms with Crippen molar-refractivity contribution in [3.05, 3.63) is 70.3 Å². The Morgan fingerprint density at radius 3 is 2.36 bits per heavy atom. The summed E-state index contributed by atoms with van der Waals surface area (Å²) >= 11 is 6.22. The molecular formula is C25H28ClN3O6S. The maximum Gasteiger partial charge on any atom is 0.295 e. The lowest BCUT2D eigenvalue weighted by Gasteiger charge is -2.31. The summed E-state index contributed by atoms with van der Waals surface area (Å²) in [5.74, 6) is -1.88. The summed E-state index contributed by atoms with van der Waals surface area (Å²) in [7, 11) is -0.819. The maximum atomic E-state index is 13.2. The van der Waals surface area contributed by atoms with Crippen molar-refractivity contribution < 1.29 is 27.9 Å². The van der Waals surface area contributed by atoms with Gasteiger partial charge in [-0.2, -0.15) is 0 Å². The average molecular weight is 534 g/mol. The Labute approximate surface area is 215 Å². The molecule has 4 rings (SSSR count). The van der Waals surface area contributed by atoms with Gasteiger partial charge in [-0.15, -0.1) is 0 Å². The minimum Gasteiger partial charge on any atom is -0.507 e. The lowest BCUT2D eigenvalue weighted by atomic mass is 9.95. The van der Waals surface area contributed by atoms with E-state index in [9.17, 15) is 23.1 Å². The van der Waals surface area contributed by atoms with Crippen molar-refractivity contribution in [3.63, 3.8) is 0 Å². The number of carbonyl (C=O) groups excluding carboxylic acids is 2. The lowest BCUT2D eigenvalue weighted by Crippen LogP contribution is -2.42. The average Bonchev–Trinajstić information content (AvgIpc) is 3.12. The molecule has 0 radical (unpaired) electrons. The number of halogens is 1. The molecule has 0 saturated carbocycles. The van der Waals surface area contributed by atoms with Gasteiger partial charge in [0.05, 0.1) is 29.7 Å². The zero-order chi connectivity index (χ0) is 26.0. The summed E-state index contributed by atoms with van der Waals surface area (Å²) in [6.45, 7) is 3.50. The number of Topliss-reactive ketones (excluding diaryl/α,β-unsaturated/α-hetero) is 1. The first-order chi connectivity index (χ1) is 17.1. The molecule has 1 atom stereocenters. The molecule has 0 bridgehead atoms. The van der Waals surface area contributed by atoms with Gasteiger partial charge in [-0.05, 0) is 42.0 Å². The fraction of sp³-hybridized carbons (Fsp3) is 0.360. The van der Waals surface area contributed by atoms with Gasteiger partial charge in [-0.1, -0.05) is 23.7 Å². The second kappa shape index (κ2) is 10.7. The summed E-state index contributed by atoms with van der Waals surface area (Å²) in [4.78, 5) is 30.0. The van der Waals surface area contributed by atoms with Crippen LogP contribution in [-0.2, 0) is 24.3 Å². The van der Waals surface area contributed by atoms with E-state index in [-0.39, 0.29) is 28.3 Å². The highest BCUT2D eigenvalue weighted by Gasteiger charge is 2.46. The fourth-order valence-electron chi connectivity index (χ4n) is 4.36. The number of hydrogen-bond donors (Lipinski definition) is 1. The minimum atomic E-state index is -3.67. The number of aliphatic hydroxyl groups excluding tert-OH is 1. The Morgan fingerprint density at radius 1 is 1.08 bits per heavy atom. The Balaban J connectivity index is 1.73. The molecule has 11 heteroatoms. The molecule has 0 spiro atoms. The molecule has 0 unspecified atom stereocenters. The van der Waals surface area contributed by atoms with E-state index in [1.165, 1.54) is 43.3 Å². The van der Waals surface area contributed by atoms with Gasteiger partial charge < -0.3 is 14.7 Å². The standard InChI is InChI=1S/C25H28ClN3O6S/c1-27(2)36(33,34)20-8-6-17(7-9-20)23(30)21-22(18-4-3-5-19(26)16-18)29(25(32)24(21)31)11-10-28-12-14-35-15-13-28/h3-9,16,22,30H,10-15H2,1-2H3/t22-/m0/s1. The highest BCUT2D eigenvalue weighted by Crippen LogP contribution is 2.40. The number of sulfonamides is 1. The topological polar surface area (TPSA) is 107 Å². The largest absolute Gasteiger partial charge is 0.507 e. The van der Waals surface area contributed by atoms with Crippen molar-refractivity contribution in [1.82, 2.24) is 14.1 Å². The van der Waals surface area contributed by atoms with Crippen LogP contribution in [0.5, 0.6) is 0 Å². The number of benzene rings is 2. The predicted molar refractivity (Wildman–Crippen MR) is 135 cm³/mol. The van der Waals surface area contributed by atoms with E-state index in [1.807, 2.05) is 0 Å². The van der Waals surface area contributed by atoms with Crippen LogP contribution in [0.25, 0.3) is 5.76 Å². The zero-order valence-corrected chi connectivity index (χ0v) is 21.6. The van der Waals surface area contributed by atoms with Crippen LogP contribution < -0.4 is 0 Å². The molecule has 2 aliphatic heterocycles. The van der Waals surface area contributed by atoms with Gasteiger partial charge in [-0.25, -0.2) is 12.7 Å². The number of aliphatic hydroxyl groups is 1. The van der Waals surface area contributed by atoms with Gasteiger partial charge >= 0.3 is 0 Å². The van der Waals surface area contributed by atoms with Crippen LogP contribution in [0, 0.1) is 0 Å². The van der Waals surface area contributed by atoms with E-state index in [4.69, 9.17) is 16.3 Å². The monoisotopic (exact) mass is 533 g/mol. The van der Waals surface area contributed by atoms with Crippen molar-refractivity contribution in [2.45, 2.75) is 10.9 Å². The highest BCUT2D eigenvalue weighted by atomic mass is 35.5. The summed E-state index contributed by atoms with van der Waals surface area (Å²) < 4.78 is 31.3. The third-order valence-electron chi connectivity index (χ3n) is 6.37. The van der Waals surface area contributed by atoms with E-state index >= 15 is 0 Å². The third-order valence-corrected chi connectivity index (χ3v) is 8.44. The number of morpholine rings is 1. The van der Waals surface area contributed by atoms with Crippen LogP contribution >= 0.6 is 11.6 Å². The Morgan fingerprint density at radius 2 is 1.75 bits per heavy atom. The number of amides is 1. The van der Waals surface area contributed by atoms with Crippen LogP contribution in [0.1, 0.15) is 17.2 Å². The van der Waals surface area contributed by atoms with Gasteiger partial charge in [0.2, 0.25) is 10.0 Å². The number of rotatable bonds is 7. The fourth-order valence-corrected chi connectivity index (χ4v) is 5.46. The molecule has 1 N–H and O–H groups in total. The molecule has 2 fully saturated rings. The number of ketones is 1. The van der Waals surface area contributed by atoms with E-state index in [2.05, 4.69) is 4.90 Å². The molecule has 2 aromatic carbocycles. The third kappa shape index (κ3) is 5.18. The summed E-state index contributed by atoms with van der Waals surface area (Å²) in [6, 6.07) is 11.5. The molecule has 192 valence electrons. The molecule has 0 aliphatic carbocycles. The van der Waals surface area contributed by atoms with Crippen molar-refractivity contribution in [1.29, 1.82) is 0 Å². The van der Waals surface area contributed by atoms with Crippen molar-refractivity contribution in [2.75, 3.05) is 53.5 Å². The van der Waals surface area contributed by atoms with Gasteiger partial charge in [0, 0.05) is 50.9 Å². The van der Waals surface area contributed by atoms with Crippen LogP contribution in [0.15, 0.2) is 59.0 Å². The first-order valence-electron chi connectivity index (χ1n) is 11.5. The van der Waals surface area contributed by atoms with E-state index < -0.39 is 27.8 Å². The number of hydrogen-bond acceptors (Lipinski definition) is 7. The molecule has 1 amide bonds. The molecule has 2 aromatic rings.